The van der Waals surface area contributed by atoms with Crippen molar-refractivity contribution < 1.29 is 14.0 Å². The molecule has 0 aliphatic heterocycles. The van der Waals surface area contributed by atoms with Crippen LogP contribution in [0, 0.1) is 0 Å². The molecule has 0 unspecified atom stereocenters. The van der Waals surface area contributed by atoms with Gasteiger partial charge in [0.2, 0.25) is 0 Å². The fourth-order valence-electron chi connectivity index (χ4n) is 2.85. The molecule has 4 rings (SSSR count). The molecule has 2 aromatic carbocycles. The van der Waals surface area contributed by atoms with Gasteiger partial charge in [0.25, 0.3) is 11.8 Å². The molecule has 0 spiro atoms. The first-order valence-corrected chi connectivity index (χ1v) is 8.49. The molecule has 2 N–H and O–H groups in total. The smallest absolute Gasteiger partial charge is 0.349 e. The summed E-state index contributed by atoms with van der Waals surface area (Å²) in [5.41, 5.74) is 5.04. The number of hydrogen-bond acceptors (Lipinski definition) is 4. The third kappa shape index (κ3) is 3.28. The quantitative estimate of drug-likeness (QED) is 0.426. The highest BCUT2D eigenvalue weighted by molar-refractivity contribution is 6.01. The highest BCUT2D eigenvalue weighted by Crippen LogP contribution is 2.15. The van der Waals surface area contributed by atoms with E-state index in [0.29, 0.717) is 22.2 Å². The van der Waals surface area contributed by atoms with Crippen molar-refractivity contribution in [1.82, 2.24) is 15.4 Å². The number of amides is 2. The maximum atomic E-state index is 12.6. The highest BCUT2D eigenvalue weighted by atomic mass is 16.4. The first kappa shape index (κ1) is 17.3. The number of fused-ring (bicyclic) bond motifs is 1. The molecule has 2 heterocycles. The van der Waals surface area contributed by atoms with Gasteiger partial charge in [0, 0.05) is 17.8 Å². The first-order chi connectivity index (χ1) is 13.6. The Labute approximate surface area is 159 Å². The molecule has 7 nitrogen and oxygen atoms in total. The third-order valence-corrected chi connectivity index (χ3v) is 4.21. The van der Waals surface area contributed by atoms with Crippen LogP contribution in [0.5, 0.6) is 0 Å². The molecule has 0 saturated heterocycles. The molecule has 0 fully saturated rings. The van der Waals surface area contributed by atoms with Crippen molar-refractivity contribution in [2.75, 3.05) is 0 Å². The van der Waals surface area contributed by atoms with Crippen LogP contribution in [0.15, 0.2) is 88.3 Å². The van der Waals surface area contributed by atoms with Crippen molar-refractivity contribution >= 4 is 22.8 Å². The summed E-state index contributed by atoms with van der Waals surface area (Å²) < 4.78 is 6.93. The van der Waals surface area contributed by atoms with Gasteiger partial charge >= 0.3 is 5.63 Å². The Morgan fingerprint density at radius 3 is 2.21 bits per heavy atom. The Hall–Kier alpha value is -4.13. The first-order valence-electron chi connectivity index (χ1n) is 8.49. The lowest BCUT2D eigenvalue weighted by molar-refractivity contribution is 0.0844. The molecule has 2 amide bonds. The van der Waals surface area contributed by atoms with Crippen LogP contribution in [0.4, 0.5) is 0 Å². The number of benzene rings is 2. The Bertz CT molecular complexity index is 1230. The molecule has 0 atom stereocenters. The van der Waals surface area contributed by atoms with Gasteiger partial charge < -0.3 is 8.98 Å². The van der Waals surface area contributed by atoms with E-state index in [-0.39, 0.29) is 5.56 Å². The fraction of sp³-hybridized carbons (Fsp3) is 0. The van der Waals surface area contributed by atoms with Crippen molar-refractivity contribution in [3.05, 3.63) is 101 Å². The lowest BCUT2D eigenvalue weighted by Gasteiger charge is -2.11. The van der Waals surface area contributed by atoms with E-state index in [1.54, 1.807) is 47.0 Å². The number of nitrogens with one attached hydrogen (secondary N) is 2. The average Bonchev–Trinajstić information content (AvgIpc) is 3.26. The van der Waals surface area contributed by atoms with Gasteiger partial charge in [0.05, 0.1) is 11.3 Å². The van der Waals surface area contributed by atoms with E-state index in [0.717, 1.165) is 0 Å². The Morgan fingerprint density at radius 1 is 0.786 bits per heavy atom. The second kappa shape index (κ2) is 7.24. The standard InChI is InChI=1S/C21H15N3O4/c25-19(15-8-2-3-9-17(15)24-11-5-6-12-24)22-23-20(26)16-13-14-7-1-4-10-18(14)28-21(16)27/h1-13H,(H,22,25)(H,23,26). The topological polar surface area (TPSA) is 93.3 Å². The SMILES string of the molecule is O=C(NNC(=O)c1cc2ccccc2oc1=O)c1ccccc1-n1cccc1. The Morgan fingerprint density at radius 2 is 1.43 bits per heavy atom. The summed E-state index contributed by atoms with van der Waals surface area (Å²) in [5.74, 6) is -1.27. The van der Waals surface area contributed by atoms with Crippen molar-refractivity contribution in [3.8, 4) is 5.69 Å². The van der Waals surface area contributed by atoms with Crippen LogP contribution in [0.3, 0.4) is 0 Å². The lowest BCUT2D eigenvalue weighted by Crippen LogP contribution is -2.43. The summed E-state index contributed by atoms with van der Waals surface area (Å²) in [6.07, 6.45) is 3.62. The molecule has 28 heavy (non-hydrogen) atoms. The molecule has 0 aliphatic rings. The average molecular weight is 373 g/mol. The second-order valence-corrected chi connectivity index (χ2v) is 6.00. The van der Waals surface area contributed by atoms with Gasteiger partial charge in [0.15, 0.2) is 0 Å². The minimum Gasteiger partial charge on any atom is -0.422 e. The number of rotatable bonds is 3. The van der Waals surface area contributed by atoms with Gasteiger partial charge in [-0.05, 0) is 36.4 Å². The normalized spacial score (nSPS) is 10.6. The van der Waals surface area contributed by atoms with Crippen molar-refractivity contribution in [2.45, 2.75) is 0 Å². The van der Waals surface area contributed by atoms with Gasteiger partial charge in [-0.1, -0.05) is 30.3 Å². The zero-order valence-corrected chi connectivity index (χ0v) is 14.6. The van der Waals surface area contributed by atoms with Gasteiger partial charge in [-0.15, -0.1) is 0 Å². The van der Waals surface area contributed by atoms with Crippen LogP contribution in [0.1, 0.15) is 20.7 Å². The van der Waals surface area contributed by atoms with Crippen LogP contribution in [-0.2, 0) is 0 Å². The maximum absolute atomic E-state index is 12.6. The fourth-order valence-corrected chi connectivity index (χ4v) is 2.85. The van der Waals surface area contributed by atoms with Crippen molar-refractivity contribution in [1.29, 1.82) is 0 Å². The number of hydrogen-bond donors (Lipinski definition) is 2. The van der Waals surface area contributed by atoms with E-state index in [9.17, 15) is 14.4 Å². The molecule has 0 saturated carbocycles. The van der Waals surface area contributed by atoms with Crippen LogP contribution in [0.2, 0.25) is 0 Å². The van der Waals surface area contributed by atoms with Gasteiger partial charge in [0.1, 0.15) is 11.1 Å². The largest absolute Gasteiger partial charge is 0.422 e. The summed E-state index contributed by atoms with van der Waals surface area (Å²) in [6, 6.07) is 18.9. The van der Waals surface area contributed by atoms with Gasteiger partial charge in [-0.25, -0.2) is 4.79 Å². The van der Waals surface area contributed by atoms with Crippen LogP contribution in [-0.4, -0.2) is 16.4 Å². The molecular formula is C21H15N3O4. The van der Waals surface area contributed by atoms with Crippen LogP contribution in [0.25, 0.3) is 16.7 Å². The molecule has 7 heteroatoms. The summed E-state index contributed by atoms with van der Waals surface area (Å²) in [7, 11) is 0. The zero-order chi connectivity index (χ0) is 19.5. The minimum absolute atomic E-state index is 0.197. The molecule has 2 aromatic heterocycles. The molecule has 0 radical (unpaired) electrons. The number of para-hydroxylation sites is 2. The molecule has 138 valence electrons. The van der Waals surface area contributed by atoms with E-state index in [1.807, 2.05) is 30.6 Å². The molecule has 4 aromatic rings. The number of hydrazine groups is 1. The number of nitrogens with zero attached hydrogens (tertiary/aromatic N) is 1. The van der Waals surface area contributed by atoms with Crippen LogP contribution < -0.4 is 16.5 Å². The predicted molar refractivity (Wildman–Crippen MR) is 103 cm³/mol. The summed E-state index contributed by atoms with van der Waals surface area (Å²) >= 11 is 0. The maximum Gasteiger partial charge on any atom is 0.349 e. The Kier molecular flexibility index (Phi) is 4.47. The Balaban J connectivity index is 1.54. The predicted octanol–water partition coefficient (Wildman–Crippen LogP) is 2.66. The molecule has 0 bridgehead atoms. The highest BCUT2D eigenvalue weighted by Gasteiger charge is 2.16. The van der Waals surface area contributed by atoms with E-state index in [2.05, 4.69) is 10.9 Å². The lowest BCUT2D eigenvalue weighted by atomic mass is 10.1. The zero-order valence-electron chi connectivity index (χ0n) is 14.6. The number of aromatic nitrogens is 1. The van der Waals surface area contributed by atoms with E-state index >= 15 is 0 Å². The summed E-state index contributed by atoms with van der Waals surface area (Å²) in [5, 5.41) is 0.608. The van der Waals surface area contributed by atoms with Crippen LogP contribution >= 0.6 is 0 Å². The molecule has 0 aliphatic carbocycles. The van der Waals surface area contributed by atoms with E-state index in [4.69, 9.17) is 4.42 Å². The van der Waals surface area contributed by atoms with Gasteiger partial charge in [-0.2, -0.15) is 0 Å². The molecular weight excluding hydrogens is 358 g/mol. The van der Waals surface area contributed by atoms with Gasteiger partial charge in [-0.3, -0.25) is 20.4 Å². The third-order valence-electron chi connectivity index (χ3n) is 4.21. The van der Waals surface area contributed by atoms with Crippen molar-refractivity contribution in [2.24, 2.45) is 0 Å². The summed E-state index contributed by atoms with van der Waals surface area (Å²) in [6.45, 7) is 0. The van der Waals surface area contributed by atoms with E-state index in [1.165, 1.54) is 6.07 Å². The number of carbonyl (C=O) groups excluding carboxylic acids is 2. The number of carbonyl (C=O) groups is 2. The van der Waals surface area contributed by atoms with E-state index < -0.39 is 17.4 Å². The summed E-state index contributed by atoms with van der Waals surface area (Å²) in [4.78, 5) is 37.0. The second-order valence-electron chi connectivity index (χ2n) is 6.00. The van der Waals surface area contributed by atoms with Crippen molar-refractivity contribution in [3.63, 3.8) is 0 Å². The monoisotopic (exact) mass is 373 g/mol. The minimum atomic E-state index is -0.779.